The Kier molecular flexibility index (Phi) is 7.90. The maximum absolute atomic E-state index is 12.4. The first-order valence-corrected chi connectivity index (χ1v) is 11.3. The average molecular weight is 509 g/mol. The highest BCUT2D eigenvalue weighted by molar-refractivity contribution is 7.99. The predicted molar refractivity (Wildman–Crippen MR) is 128 cm³/mol. The maximum Gasteiger partial charge on any atom is 0.272 e. The first-order chi connectivity index (χ1) is 15.7. The molecule has 0 atom stereocenters. The van der Waals surface area contributed by atoms with Gasteiger partial charge in [0.15, 0.2) is 11.0 Å². The SMILES string of the molecule is CCn1c(SCC(=O)Nc2c(Cl)cc([N+](=O)[O-])cc2Cl)nnc1-c1ccc(NC(C)=O)cc1. The van der Waals surface area contributed by atoms with Gasteiger partial charge in [-0.1, -0.05) is 35.0 Å². The van der Waals surface area contributed by atoms with E-state index in [4.69, 9.17) is 23.2 Å². The number of nitro benzene ring substituents is 1. The zero-order valence-corrected chi connectivity index (χ0v) is 19.8. The topological polar surface area (TPSA) is 132 Å². The number of hydrogen-bond donors (Lipinski definition) is 2. The van der Waals surface area contributed by atoms with E-state index in [1.54, 1.807) is 12.1 Å². The normalized spacial score (nSPS) is 10.7. The predicted octanol–water partition coefficient (Wildman–Crippen LogP) is 4.87. The number of amides is 2. The van der Waals surface area contributed by atoms with Crippen molar-refractivity contribution < 1.29 is 14.5 Å². The van der Waals surface area contributed by atoms with E-state index in [0.29, 0.717) is 23.2 Å². The van der Waals surface area contributed by atoms with Crippen molar-refractivity contribution in [2.75, 3.05) is 16.4 Å². The fourth-order valence-electron chi connectivity index (χ4n) is 2.89. The van der Waals surface area contributed by atoms with Crippen LogP contribution in [0.15, 0.2) is 41.6 Å². The highest BCUT2D eigenvalue weighted by Crippen LogP contribution is 2.35. The summed E-state index contributed by atoms with van der Waals surface area (Å²) in [6, 6.07) is 9.41. The van der Waals surface area contributed by atoms with E-state index in [0.717, 1.165) is 17.7 Å². The zero-order chi connectivity index (χ0) is 24.1. The third kappa shape index (κ3) is 6.01. The van der Waals surface area contributed by atoms with Crippen LogP contribution >= 0.6 is 35.0 Å². The van der Waals surface area contributed by atoms with Gasteiger partial charge in [0, 0.05) is 36.9 Å². The number of nitrogens with one attached hydrogen (secondary N) is 2. The van der Waals surface area contributed by atoms with Crippen LogP contribution < -0.4 is 10.6 Å². The Morgan fingerprint density at radius 3 is 2.30 bits per heavy atom. The number of hydrogen-bond acceptors (Lipinski definition) is 7. The molecule has 3 aromatic rings. The molecule has 13 heteroatoms. The molecule has 2 amide bonds. The van der Waals surface area contributed by atoms with E-state index in [1.165, 1.54) is 18.7 Å². The fraction of sp³-hybridized carbons (Fsp3) is 0.200. The van der Waals surface area contributed by atoms with Crippen molar-refractivity contribution in [3.8, 4) is 11.4 Å². The number of rotatable bonds is 8. The van der Waals surface area contributed by atoms with E-state index < -0.39 is 10.8 Å². The van der Waals surface area contributed by atoms with Gasteiger partial charge in [-0.2, -0.15) is 0 Å². The highest BCUT2D eigenvalue weighted by Gasteiger charge is 2.18. The molecule has 0 bridgehead atoms. The van der Waals surface area contributed by atoms with Crippen LogP contribution in [0.2, 0.25) is 10.0 Å². The van der Waals surface area contributed by atoms with Crippen LogP contribution in [0, 0.1) is 10.1 Å². The van der Waals surface area contributed by atoms with Gasteiger partial charge in [0.25, 0.3) is 5.69 Å². The minimum atomic E-state index is -0.623. The van der Waals surface area contributed by atoms with E-state index in [1.807, 2.05) is 23.6 Å². The van der Waals surface area contributed by atoms with Crippen molar-refractivity contribution in [3.63, 3.8) is 0 Å². The van der Waals surface area contributed by atoms with Gasteiger partial charge in [0.2, 0.25) is 11.8 Å². The zero-order valence-electron chi connectivity index (χ0n) is 17.5. The lowest BCUT2D eigenvalue weighted by Gasteiger charge is -2.10. The molecular formula is C20H18Cl2N6O4S. The van der Waals surface area contributed by atoms with E-state index in [2.05, 4.69) is 20.8 Å². The monoisotopic (exact) mass is 508 g/mol. The van der Waals surface area contributed by atoms with Gasteiger partial charge < -0.3 is 15.2 Å². The van der Waals surface area contributed by atoms with Crippen LogP contribution in [-0.4, -0.2) is 37.3 Å². The number of thioether (sulfide) groups is 1. The second-order valence-electron chi connectivity index (χ2n) is 6.69. The first-order valence-electron chi connectivity index (χ1n) is 9.57. The maximum atomic E-state index is 12.4. The summed E-state index contributed by atoms with van der Waals surface area (Å²) >= 11 is 13.2. The number of carbonyl (C=O) groups is 2. The van der Waals surface area contributed by atoms with Crippen LogP contribution in [0.4, 0.5) is 17.1 Å². The summed E-state index contributed by atoms with van der Waals surface area (Å²) in [6.07, 6.45) is 0. The summed E-state index contributed by atoms with van der Waals surface area (Å²) < 4.78 is 1.86. The molecule has 33 heavy (non-hydrogen) atoms. The van der Waals surface area contributed by atoms with Gasteiger partial charge in [-0.05, 0) is 31.2 Å². The minimum absolute atomic E-state index is 0.0107. The molecule has 0 radical (unpaired) electrons. The van der Waals surface area contributed by atoms with Crippen molar-refractivity contribution in [1.29, 1.82) is 0 Å². The minimum Gasteiger partial charge on any atom is -0.326 e. The smallest absolute Gasteiger partial charge is 0.272 e. The lowest BCUT2D eigenvalue weighted by atomic mass is 10.2. The lowest BCUT2D eigenvalue weighted by molar-refractivity contribution is -0.384. The number of nitro groups is 1. The molecule has 0 spiro atoms. The number of anilines is 2. The van der Waals surface area contributed by atoms with E-state index >= 15 is 0 Å². The highest BCUT2D eigenvalue weighted by atomic mass is 35.5. The van der Waals surface area contributed by atoms with Crippen molar-refractivity contribution in [1.82, 2.24) is 14.8 Å². The number of aromatic nitrogens is 3. The standard InChI is InChI=1S/C20H18Cl2N6O4S/c1-3-27-19(12-4-6-13(7-5-12)23-11(2)29)25-26-20(27)33-10-17(30)24-18-15(21)8-14(28(31)32)9-16(18)22/h4-9H,3,10H2,1-2H3,(H,23,29)(H,24,30). The summed E-state index contributed by atoms with van der Waals surface area (Å²) in [7, 11) is 0. The lowest BCUT2D eigenvalue weighted by Crippen LogP contribution is -2.15. The molecule has 0 aliphatic rings. The van der Waals surface area contributed by atoms with Crippen LogP contribution in [-0.2, 0) is 16.1 Å². The summed E-state index contributed by atoms with van der Waals surface area (Å²) in [5.74, 6) is 0.0389. The number of nitrogens with zero attached hydrogens (tertiary/aromatic N) is 4. The Morgan fingerprint density at radius 2 is 1.76 bits per heavy atom. The van der Waals surface area contributed by atoms with Crippen molar-refractivity contribution in [2.24, 2.45) is 0 Å². The summed E-state index contributed by atoms with van der Waals surface area (Å²) in [5.41, 5.74) is 1.31. The van der Waals surface area contributed by atoms with Crippen molar-refractivity contribution in [2.45, 2.75) is 25.5 Å². The molecule has 2 aromatic carbocycles. The Labute approximate surface area is 202 Å². The number of benzene rings is 2. The second-order valence-corrected chi connectivity index (χ2v) is 8.44. The summed E-state index contributed by atoms with van der Waals surface area (Å²) in [6.45, 7) is 3.93. The first kappa shape index (κ1) is 24.5. The van der Waals surface area contributed by atoms with Gasteiger partial charge in [0.05, 0.1) is 26.4 Å². The second kappa shape index (κ2) is 10.6. The Hall–Kier alpha value is -3.15. The molecule has 0 saturated carbocycles. The molecule has 0 unspecified atom stereocenters. The Bertz CT molecular complexity index is 1190. The van der Waals surface area contributed by atoms with Crippen LogP contribution in [0.5, 0.6) is 0 Å². The van der Waals surface area contributed by atoms with Gasteiger partial charge >= 0.3 is 0 Å². The van der Waals surface area contributed by atoms with Crippen LogP contribution in [0.3, 0.4) is 0 Å². The molecule has 3 rings (SSSR count). The van der Waals surface area contributed by atoms with Gasteiger partial charge in [0.1, 0.15) is 0 Å². The molecule has 1 aromatic heterocycles. The van der Waals surface area contributed by atoms with Crippen LogP contribution in [0.1, 0.15) is 13.8 Å². The third-order valence-electron chi connectivity index (χ3n) is 4.33. The Morgan fingerprint density at radius 1 is 1.12 bits per heavy atom. The molecule has 2 N–H and O–H groups in total. The molecule has 10 nitrogen and oxygen atoms in total. The summed E-state index contributed by atoms with van der Waals surface area (Å²) in [5, 5.41) is 25.0. The average Bonchev–Trinajstić information content (AvgIpc) is 3.17. The molecule has 0 saturated heterocycles. The molecule has 172 valence electrons. The third-order valence-corrected chi connectivity index (χ3v) is 5.89. The molecule has 0 aliphatic heterocycles. The van der Waals surface area contributed by atoms with E-state index in [9.17, 15) is 19.7 Å². The molecule has 0 aliphatic carbocycles. The molecule has 1 heterocycles. The van der Waals surface area contributed by atoms with Crippen molar-refractivity contribution in [3.05, 3.63) is 56.6 Å². The van der Waals surface area contributed by atoms with Gasteiger partial charge in [-0.25, -0.2) is 0 Å². The largest absolute Gasteiger partial charge is 0.326 e. The van der Waals surface area contributed by atoms with Crippen molar-refractivity contribution >= 4 is 63.8 Å². The van der Waals surface area contributed by atoms with Crippen LogP contribution in [0.25, 0.3) is 11.4 Å². The van der Waals surface area contributed by atoms with Gasteiger partial charge in [-0.15, -0.1) is 10.2 Å². The molecule has 0 fully saturated rings. The Balaban J connectivity index is 1.70. The number of halogens is 2. The summed E-state index contributed by atoms with van der Waals surface area (Å²) in [4.78, 5) is 33.9. The molecular weight excluding hydrogens is 491 g/mol. The number of non-ortho nitro benzene ring substituents is 1. The van der Waals surface area contributed by atoms with E-state index in [-0.39, 0.29) is 33.1 Å². The number of carbonyl (C=O) groups excluding carboxylic acids is 2. The quantitative estimate of drug-likeness (QED) is 0.252. The fourth-order valence-corrected chi connectivity index (χ4v) is 4.26. The van der Waals surface area contributed by atoms with Gasteiger partial charge in [-0.3, -0.25) is 19.7 Å².